The molecular formula is C38H25N. The van der Waals surface area contributed by atoms with Crippen LogP contribution in [0.1, 0.15) is 6.85 Å². The number of para-hydroxylation sites is 2. The largest absolute Gasteiger partial charge is 0.309 e. The zero-order chi connectivity index (χ0) is 30.1. The predicted molar refractivity (Wildman–Crippen MR) is 167 cm³/mol. The van der Waals surface area contributed by atoms with E-state index in [-0.39, 0.29) is 29.9 Å². The molecule has 1 aromatic heterocycles. The van der Waals surface area contributed by atoms with Crippen LogP contribution in [0.3, 0.4) is 0 Å². The molecule has 0 saturated heterocycles. The Hall–Kier alpha value is -5.14. The summed E-state index contributed by atoms with van der Waals surface area (Å²) >= 11 is 0. The van der Waals surface area contributed by atoms with Crippen molar-refractivity contribution >= 4 is 43.4 Å². The van der Waals surface area contributed by atoms with Crippen molar-refractivity contribution in [2.45, 2.75) is 0 Å². The number of nitrogens with zero attached hydrogens (tertiary/aromatic N) is 1. The van der Waals surface area contributed by atoms with Crippen LogP contribution in [0.25, 0.3) is 71.3 Å². The van der Waals surface area contributed by atoms with Crippen molar-refractivity contribution in [1.82, 2.24) is 4.57 Å². The molecule has 1 heterocycles. The summed E-state index contributed by atoms with van der Waals surface area (Å²) in [4.78, 5) is 0. The summed E-state index contributed by atoms with van der Waals surface area (Å²) in [6.07, 6.45) is 0. The minimum Gasteiger partial charge on any atom is -0.309 e. The number of hydrogen-bond donors (Lipinski definition) is 0. The van der Waals surface area contributed by atoms with E-state index in [1.807, 2.05) is 41.0 Å². The van der Waals surface area contributed by atoms with Crippen molar-refractivity contribution in [2.24, 2.45) is 0 Å². The lowest BCUT2D eigenvalue weighted by molar-refractivity contribution is 1.18. The highest BCUT2D eigenvalue weighted by Gasteiger charge is 2.18. The number of aromatic nitrogens is 1. The lowest BCUT2D eigenvalue weighted by atomic mass is 9.86. The van der Waals surface area contributed by atoms with Gasteiger partial charge in [-0.25, -0.2) is 0 Å². The van der Waals surface area contributed by atoms with Gasteiger partial charge in [-0.05, 0) is 74.1 Å². The van der Waals surface area contributed by atoms with E-state index in [0.717, 1.165) is 43.7 Å². The summed E-state index contributed by atoms with van der Waals surface area (Å²) in [5, 5.41) is 6.55. The average Bonchev–Trinajstić information content (AvgIpc) is 3.39. The van der Waals surface area contributed by atoms with Gasteiger partial charge in [0.05, 0.1) is 17.9 Å². The maximum atomic E-state index is 8.72. The number of fused-ring (bicyclic) bond motifs is 5. The molecule has 0 N–H and O–H groups in total. The molecule has 1 heteroatoms. The topological polar surface area (TPSA) is 4.93 Å². The Morgan fingerprint density at radius 2 is 0.923 bits per heavy atom. The van der Waals surface area contributed by atoms with E-state index in [4.69, 9.17) is 6.85 Å². The Kier molecular flexibility index (Phi) is 3.89. The van der Waals surface area contributed by atoms with Gasteiger partial charge in [0.1, 0.15) is 0 Å². The molecule has 0 unspecified atom stereocenters. The minimum absolute atomic E-state index is 0.151. The van der Waals surface area contributed by atoms with Crippen molar-refractivity contribution in [3.8, 4) is 27.9 Å². The highest BCUT2D eigenvalue weighted by Crippen LogP contribution is 2.44. The van der Waals surface area contributed by atoms with Crippen molar-refractivity contribution in [2.75, 3.05) is 0 Å². The maximum Gasteiger partial charge on any atom is 0.0645 e. The van der Waals surface area contributed by atoms with Crippen molar-refractivity contribution < 1.29 is 6.85 Å². The van der Waals surface area contributed by atoms with Gasteiger partial charge in [-0.15, -0.1) is 0 Å². The molecule has 0 amide bonds. The van der Waals surface area contributed by atoms with Crippen LogP contribution in [0.15, 0.2) is 152 Å². The van der Waals surface area contributed by atoms with E-state index in [9.17, 15) is 0 Å². The van der Waals surface area contributed by atoms with Gasteiger partial charge in [0.25, 0.3) is 0 Å². The predicted octanol–water partition coefficient (Wildman–Crippen LogP) is 10.4. The second kappa shape index (κ2) is 8.72. The molecule has 0 bridgehead atoms. The van der Waals surface area contributed by atoms with Crippen molar-refractivity contribution in [3.63, 3.8) is 0 Å². The molecular weight excluding hydrogens is 470 g/mol. The van der Waals surface area contributed by atoms with Gasteiger partial charge in [-0.2, -0.15) is 0 Å². The van der Waals surface area contributed by atoms with Crippen LogP contribution in [0, 0.1) is 0 Å². The molecule has 0 aliphatic rings. The summed E-state index contributed by atoms with van der Waals surface area (Å²) in [7, 11) is 0. The molecule has 0 saturated carbocycles. The monoisotopic (exact) mass is 500 g/mol. The first-order chi connectivity index (χ1) is 21.5. The van der Waals surface area contributed by atoms with Crippen molar-refractivity contribution in [3.05, 3.63) is 152 Å². The zero-order valence-electron chi connectivity index (χ0n) is 26.0. The first-order valence-corrected chi connectivity index (χ1v) is 13.1. The van der Waals surface area contributed by atoms with E-state index in [0.29, 0.717) is 0 Å². The van der Waals surface area contributed by atoms with E-state index in [1.165, 1.54) is 21.9 Å². The average molecular weight is 501 g/mol. The smallest absolute Gasteiger partial charge is 0.0645 e. The fraction of sp³-hybridized carbons (Fsp3) is 0. The molecule has 0 fully saturated rings. The van der Waals surface area contributed by atoms with Crippen LogP contribution in [-0.2, 0) is 0 Å². The Labute approximate surface area is 234 Å². The molecule has 0 spiro atoms. The Bertz CT molecular complexity index is 2360. The molecule has 0 radical (unpaired) electrons. The summed E-state index contributed by atoms with van der Waals surface area (Å²) in [5.74, 6) is 0. The van der Waals surface area contributed by atoms with E-state index < -0.39 is 6.04 Å². The van der Waals surface area contributed by atoms with Gasteiger partial charge in [0.2, 0.25) is 0 Å². The Morgan fingerprint density at radius 3 is 1.56 bits per heavy atom. The highest BCUT2D eigenvalue weighted by atomic mass is 15.0. The molecule has 8 aromatic rings. The summed E-state index contributed by atoms with van der Waals surface area (Å²) in [6, 6.07) is 40.2. The first kappa shape index (κ1) is 17.4. The van der Waals surface area contributed by atoms with Crippen LogP contribution in [0.2, 0.25) is 0 Å². The van der Waals surface area contributed by atoms with Crippen LogP contribution >= 0.6 is 0 Å². The molecule has 8 rings (SSSR count). The quantitative estimate of drug-likeness (QED) is 0.213. The summed E-state index contributed by atoms with van der Waals surface area (Å²) in [5.41, 5.74) is 6.28. The second-order valence-corrected chi connectivity index (χ2v) is 9.77. The van der Waals surface area contributed by atoms with E-state index >= 15 is 0 Å². The third-order valence-corrected chi connectivity index (χ3v) is 7.67. The molecule has 39 heavy (non-hydrogen) atoms. The lowest BCUT2D eigenvalue weighted by Crippen LogP contribution is -1.93. The third-order valence-electron chi connectivity index (χ3n) is 7.67. The van der Waals surface area contributed by atoms with E-state index in [1.54, 1.807) is 0 Å². The maximum absolute atomic E-state index is 8.72. The van der Waals surface area contributed by atoms with Gasteiger partial charge in [-0.1, -0.05) is 121 Å². The molecule has 7 aromatic carbocycles. The second-order valence-electron chi connectivity index (χ2n) is 9.77. The SMILES string of the molecule is [2H]c1c([2H])c([2H])c(-n2c3ccccc3c3cc(-c4c5ccccc5c(-c5ccccc5)c5ccccc45)ccc32)c([2H])c1[2H]. The molecule has 182 valence electrons. The molecule has 0 aliphatic carbocycles. The summed E-state index contributed by atoms with van der Waals surface area (Å²) < 4.78 is 44.0. The standard InChI is InChI=1S/C38H25N/c1-3-13-26(14-4-1)37-30-18-7-9-20-32(30)38(33-21-10-8-19-31(33)37)27-23-24-36-34(25-27)29-17-11-12-22-35(29)39(36)28-15-5-2-6-16-28/h1-25H/i2D,5D,6D,15D,16D. The summed E-state index contributed by atoms with van der Waals surface area (Å²) in [6.45, 7) is 0. The van der Waals surface area contributed by atoms with Crippen LogP contribution in [0.4, 0.5) is 0 Å². The van der Waals surface area contributed by atoms with Gasteiger partial charge in [0.15, 0.2) is 0 Å². The Balaban J connectivity index is 1.48. The number of benzene rings is 7. The van der Waals surface area contributed by atoms with Gasteiger partial charge < -0.3 is 4.57 Å². The highest BCUT2D eigenvalue weighted by molar-refractivity contribution is 6.22. The van der Waals surface area contributed by atoms with Crippen molar-refractivity contribution in [1.29, 1.82) is 0 Å². The molecule has 0 aliphatic heterocycles. The normalized spacial score (nSPS) is 13.4. The Morgan fingerprint density at radius 1 is 0.410 bits per heavy atom. The first-order valence-electron chi connectivity index (χ1n) is 15.6. The van der Waals surface area contributed by atoms with Gasteiger partial charge >= 0.3 is 0 Å². The van der Waals surface area contributed by atoms with E-state index in [2.05, 4.69) is 84.9 Å². The van der Waals surface area contributed by atoms with Crippen LogP contribution in [0.5, 0.6) is 0 Å². The van der Waals surface area contributed by atoms with Crippen LogP contribution in [-0.4, -0.2) is 4.57 Å². The number of rotatable bonds is 3. The zero-order valence-corrected chi connectivity index (χ0v) is 21.0. The fourth-order valence-electron chi connectivity index (χ4n) is 6.08. The third kappa shape index (κ3) is 3.34. The fourth-order valence-corrected chi connectivity index (χ4v) is 6.08. The molecule has 1 nitrogen and oxygen atoms in total. The van der Waals surface area contributed by atoms with Gasteiger partial charge in [0, 0.05) is 16.5 Å². The minimum atomic E-state index is -0.399. The van der Waals surface area contributed by atoms with Gasteiger partial charge in [-0.3, -0.25) is 0 Å². The van der Waals surface area contributed by atoms with Crippen LogP contribution < -0.4 is 0 Å². The lowest BCUT2D eigenvalue weighted by Gasteiger charge is -2.18. The number of hydrogen-bond acceptors (Lipinski definition) is 0. The molecule has 0 atom stereocenters.